The maximum atomic E-state index is 11.7. The van der Waals surface area contributed by atoms with Crippen molar-refractivity contribution in [3.8, 4) is 0 Å². The molecule has 0 heterocycles. The summed E-state index contributed by atoms with van der Waals surface area (Å²) in [6.07, 6.45) is 0.676. The van der Waals surface area contributed by atoms with Crippen molar-refractivity contribution in [2.45, 2.75) is 19.8 Å². The van der Waals surface area contributed by atoms with Gasteiger partial charge in [-0.25, -0.2) is 0 Å². The Morgan fingerprint density at radius 2 is 2.06 bits per heavy atom. The minimum Gasteiger partial charge on any atom is -0.466 e. The maximum Gasteiger partial charge on any atom is 0.310 e. The molecule has 0 aliphatic carbocycles. The van der Waals surface area contributed by atoms with E-state index in [0.29, 0.717) is 23.9 Å². The number of alkyl halides is 1. The van der Waals surface area contributed by atoms with Gasteiger partial charge in [0, 0.05) is 21.8 Å². The van der Waals surface area contributed by atoms with Crippen molar-refractivity contribution in [2.24, 2.45) is 0 Å². The average Bonchev–Trinajstić information content (AvgIpc) is 2.29. The van der Waals surface area contributed by atoms with E-state index >= 15 is 0 Å². The number of ether oxygens (including phenoxy) is 1. The first-order valence-electron chi connectivity index (χ1n) is 5.61. The summed E-state index contributed by atoms with van der Waals surface area (Å²) in [5.74, 6) is -0.189. The second-order valence-corrected chi connectivity index (χ2v) is 5.31. The summed E-state index contributed by atoms with van der Waals surface area (Å²) in [5, 5.41) is 0.642. The maximum absolute atomic E-state index is 11.7. The Bertz CT molecular complexity index is 444. The van der Waals surface area contributed by atoms with Crippen LogP contribution in [0.4, 0.5) is 0 Å². The molecule has 0 radical (unpaired) electrons. The zero-order valence-electron chi connectivity index (χ0n) is 10.0. The van der Waals surface area contributed by atoms with Crippen molar-refractivity contribution in [1.82, 2.24) is 0 Å². The summed E-state index contributed by atoms with van der Waals surface area (Å²) in [4.78, 5) is 23.1. The molecule has 0 fully saturated rings. The lowest BCUT2D eigenvalue weighted by molar-refractivity contribution is -0.142. The van der Waals surface area contributed by atoms with Crippen LogP contribution in [0, 0.1) is 0 Å². The van der Waals surface area contributed by atoms with Crippen molar-refractivity contribution in [3.05, 3.63) is 33.8 Å². The number of halogens is 2. The fourth-order valence-corrected chi connectivity index (χ4v) is 2.50. The van der Waals surface area contributed by atoms with Gasteiger partial charge in [0.05, 0.1) is 13.0 Å². The molecule has 1 aromatic rings. The fraction of sp³-hybridized carbons (Fsp3) is 0.385. The van der Waals surface area contributed by atoms with Crippen molar-refractivity contribution in [3.63, 3.8) is 0 Å². The molecule has 0 saturated carbocycles. The van der Waals surface area contributed by atoms with Crippen LogP contribution in [0.25, 0.3) is 0 Å². The van der Waals surface area contributed by atoms with E-state index in [-0.39, 0.29) is 18.2 Å². The van der Waals surface area contributed by atoms with Crippen LogP contribution in [-0.2, 0) is 16.0 Å². The van der Waals surface area contributed by atoms with Gasteiger partial charge in [0.2, 0.25) is 0 Å². The van der Waals surface area contributed by atoms with E-state index in [1.54, 1.807) is 25.1 Å². The SMILES string of the molecule is CCOC(=O)Cc1ccc(C(=O)CCBr)c(Br)c1. The molecule has 98 valence electrons. The molecular formula is C13H14Br2O3. The number of Topliss-reactive ketones (excluding diaryl/α,β-unsaturated/α-hetero) is 1. The lowest BCUT2D eigenvalue weighted by atomic mass is 10.1. The Morgan fingerprint density at radius 1 is 1.33 bits per heavy atom. The number of esters is 1. The van der Waals surface area contributed by atoms with E-state index in [1.165, 1.54) is 0 Å². The van der Waals surface area contributed by atoms with Crippen LogP contribution in [0.3, 0.4) is 0 Å². The molecule has 18 heavy (non-hydrogen) atoms. The van der Waals surface area contributed by atoms with Gasteiger partial charge in [-0.1, -0.05) is 37.9 Å². The highest BCUT2D eigenvalue weighted by molar-refractivity contribution is 9.10. The van der Waals surface area contributed by atoms with Crippen molar-refractivity contribution in [1.29, 1.82) is 0 Å². The Kier molecular flexibility index (Phi) is 6.57. The summed E-state index contributed by atoms with van der Waals surface area (Å²) in [5.41, 5.74) is 1.47. The number of hydrogen-bond donors (Lipinski definition) is 0. The highest BCUT2D eigenvalue weighted by Gasteiger charge is 2.11. The molecule has 1 rings (SSSR count). The van der Waals surface area contributed by atoms with Crippen LogP contribution in [0.2, 0.25) is 0 Å². The number of ketones is 1. The van der Waals surface area contributed by atoms with Crippen LogP contribution >= 0.6 is 31.9 Å². The Morgan fingerprint density at radius 3 is 2.61 bits per heavy atom. The summed E-state index contributed by atoms with van der Waals surface area (Å²) >= 11 is 6.60. The van der Waals surface area contributed by atoms with Gasteiger partial charge in [-0.05, 0) is 24.6 Å². The topological polar surface area (TPSA) is 43.4 Å². The Hall–Kier alpha value is -0.680. The predicted octanol–water partition coefficient (Wildman–Crippen LogP) is 3.52. The molecule has 0 N–H and O–H groups in total. The molecule has 0 atom stereocenters. The number of benzene rings is 1. The van der Waals surface area contributed by atoms with Crippen LogP contribution < -0.4 is 0 Å². The van der Waals surface area contributed by atoms with E-state index in [2.05, 4.69) is 31.9 Å². The van der Waals surface area contributed by atoms with E-state index in [9.17, 15) is 9.59 Å². The normalized spacial score (nSPS) is 10.2. The molecule has 0 bridgehead atoms. The molecule has 0 unspecified atom stereocenters. The number of rotatable bonds is 6. The molecule has 0 aliphatic heterocycles. The van der Waals surface area contributed by atoms with Gasteiger partial charge in [-0.15, -0.1) is 0 Å². The number of carbonyl (C=O) groups is 2. The van der Waals surface area contributed by atoms with Crippen molar-refractivity contribution >= 4 is 43.6 Å². The zero-order valence-corrected chi connectivity index (χ0v) is 13.2. The van der Waals surface area contributed by atoms with Gasteiger partial charge >= 0.3 is 5.97 Å². The van der Waals surface area contributed by atoms with Crippen LogP contribution in [-0.4, -0.2) is 23.7 Å². The van der Waals surface area contributed by atoms with E-state index in [0.717, 1.165) is 10.0 Å². The third kappa shape index (κ3) is 4.53. The van der Waals surface area contributed by atoms with Crippen molar-refractivity contribution < 1.29 is 14.3 Å². The lowest BCUT2D eigenvalue weighted by Crippen LogP contribution is -2.08. The highest BCUT2D eigenvalue weighted by atomic mass is 79.9. The Labute approximate surface area is 123 Å². The molecule has 1 aromatic carbocycles. The summed E-state index contributed by atoms with van der Waals surface area (Å²) < 4.78 is 5.59. The molecule has 0 spiro atoms. The summed E-state index contributed by atoms with van der Waals surface area (Å²) in [6, 6.07) is 5.31. The van der Waals surface area contributed by atoms with Gasteiger partial charge in [0.1, 0.15) is 0 Å². The van der Waals surface area contributed by atoms with Gasteiger partial charge in [0.15, 0.2) is 5.78 Å². The fourth-order valence-electron chi connectivity index (χ4n) is 1.49. The molecule has 0 aromatic heterocycles. The second-order valence-electron chi connectivity index (χ2n) is 3.66. The number of hydrogen-bond acceptors (Lipinski definition) is 3. The summed E-state index contributed by atoms with van der Waals surface area (Å²) in [7, 11) is 0. The highest BCUT2D eigenvalue weighted by Crippen LogP contribution is 2.21. The first kappa shape index (κ1) is 15.4. The molecule has 0 aliphatic rings. The standard InChI is InChI=1S/C13H14Br2O3/c1-2-18-13(17)8-9-3-4-10(11(15)7-9)12(16)5-6-14/h3-4,7H,2,5-6,8H2,1H3. The smallest absolute Gasteiger partial charge is 0.310 e. The predicted molar refractivity (Wildman–Crippen MR) is 77.2 cm³/mol. The van der Waals surface area contributed by atoms with Gasteiger partial charge < -0.3 is 4.74 Å². The summed E-state index contributed by atoms with van der Waals surface area (Å²) in [6.45, 7) is 2.15. The van der Waals surface area contributed by atoms with E-state index < -0.39 is 0 Å². The van der Waals surface area contributed by atoms with Crippen molar-refractivity contribution in [2.75, 3.05) is 11.9 Å². The first-order valence-corrected chi connectivity index (χ1v) is 7.53. The third-order valence-corrected chi connectivity index (χ3v) is 3.36. The van der Waals surface area contributed by atoms with Gasteiger partial charge in [-0.3, -0.25) is 9.59 Å². The molecule has 0 amide bonds. The van der Waals surface area contributed by atoms with E-state index in [1.807, 2.05) is 0 Å². The monoisotopic (exact) mass is 376 g/mol. The Balaban J connectivity index is 2.79. The molecule has 5 heteroatoms. The molecule has 3 nitrogen and oxygen atoms in total. The zero-order chi connectivity index (χ0) is 13.5. The number of carbonyl (C=O) groups excluding carboxylic acids is 2. The first-order chi connectivity index (χ1) is 8.58. The van der Waals surface area contributed by atoms with Crippen LogP contribution in [0.15, 0.2) is 22.7 Å². The third-order valence-electron chi connectivity index (χ3n) is 2.31. The minimum absolute atomic E-state index is 0.0708. The van der Waals surface area contributed by atoms with Gasteiger partial charge in [-0.2, -0.15) is 0 Å². The second kappa shape index (κ2) is 7.69. The quantitative estimate of drug-likeness (QED) is 0.432. The molecular weight excluding hydrogens is 364 g/mol. The van der Waals surface area contributed by atoms with Crippen LogP contribution in [0.5, 0.6) is 0 Å². The lowest BCUT2D eigenvalue weighted by Gasteiger charge is -2.06. The van der Waals surface area contributed by atoms with Gasteiger partial charge in [0.25, 0.3) is 0 Å². The molecule has 0 saturated heterocycles. The van der Waals surface area contributed by atoms with E-state index in [4.69, 9.17) is 4.74 Å². The average molecular weight is 378 g/mol. The minimum atomic E-state index is -0.260. The largest absolute Gasteiger partial charge is 0.466 e. The van der Waals surface area contributed by atoms with Crippen LogP contribution in [0.1, 0.15) is 29.3 Å².